The number of sulfonamides is 1. The lowest BCUT2D eigenvalue weighted by Crippen LogP contribution is -2.32. The third-order valence-corrected chi connectivity index (χ3v) is 9.07. The molecule has 1 N–H and O–H groups in total. The third-order valence-electron chi connectivity index (χ3n) is 6.87. The van der Waals surface area contributed by atoms with Gasteiger partial charge in [-0.3, -0.25) is 9.71 Å². The molecule has 1 aliphatic rings. The van der Waals surface area contributed by atoms with Crippen molar-refractivity contribution in [1.82, 2.24) is 19.9 Å². The van der Waals surface area contributed by atoms with Crippen LogP contribution in [0.4, 0.5) is 5.82 Å². The number of nitrogens with one attached hydrogen (secondary N) is 1. The molecule has 5 rings (SSSR count). The highest BCUT2D eigenvalue weighted by Crippen LogP contribution is 2.32. The van der Waals surface area contributed by atoms with Gasteiger partial charge < -0.3 is 14.4 Å². The van der Waals surface area contributed by atoms with Crippen LogP contribution in [0.5, 0.6) is 11.5 Å². The van der Waals surface area contributed by atoms with E-state index in [9.17, 15) is 8.42 Å². The van der Waals surface area contributed by atoms with Gasteiger partial charge in [0.25, 0.3) is 10.0 Å². The monoisotopic (exact) mass is 601 g/mol. The van der Waals surface area contributed by atoms with Crippen LogP contribution in [0.3, 0.4) is 0 Å². The molecule has 40 heavy (non-hydrogen) atoms. The first kappa shape index (κ1) is 28.4. The van der Waals surface area contributed by atoms with Gasteiger partial charge in [0.2, 0.25) is 0 Å². The number of nitrogens with zero attached hydrogens (tertiary/aromatic N) is 4. The lowest BCUT2D eigenvalue weighted by molar-refractivity contribution is 0.160. The molecule has 1 aliphatic heterocycles. The number of pyridine rings is 1. The lowest BCUT2D eigenvalue weighted by atomic mass is 9.98. The van der Waals surface area contributed by atoms with E-state index in [1.165, 1.54) is 18.5 Å². The molecule has 9 nitrogen and oxygen atoms in total. The fraction of sp³-hybridized carbons (Fsp3) is 0.321. The number of ether oxygens (including phenoxy) is 2. The van der Waals surface area contributed by atoms with E-state index >= 15 is 0 Å². The number of likely N-dealkylation sites (tertiary alicyclic amines) is 1. The van der Waals surface area contributed by atoms with E-state index in [4.69, 9.17) is 32.7 Å². The van der Waals surface area contributed by atoms with Crippen LogP contribution in [0.2, 0.25) is 10.0 Å². The first-order valence-electron chi connectivity index (χ1n) is 12.8. The summed E-state index contributed by atoms with van der Waals surface area (Å²) in [4.78, 5) is 15.2. The van der Waals surface area contributed by atoms with Gasteiger partial charge in [-0.05, 0) is 81.2 Å². The van der Waals surface area contributed by atoms with Crippen LogP contribution in [0.25, 0.3) is 11.2 Å². The average Bonchev–Trinajstić information content (AvgIpc) is 2.94. The standard InChI is InChI=1S/C28H29Cl2N5O4S/c1-18-21(29)4-3-5-26(18)40(36,37)34-28-25(15-23-27(33-28)32-11-10-31-23)39-17-20-6-7-22(30)24(14-20)38-16-19-8-12-35(2)13-9-19/h3-7,10-11,14-15,19H,8-9,12-13,16-17H2,1-2H3,(H,32,33,34). The molecule has 12 heteroatoms. The predicted octanol–water partition coefficient (Wildman–Crippen LogP) is 5.74. The van der Waals surface area contributed by atoms with Crippen molar-refractivity contribution in [3.63, 3.8) is 0 Å². The molecular weight excluding hydrogens is 573 g/mol. The Labute approximate surface area is 243 Å². The molecule has 0 atom stereocenters. The molecule has 0 spiro atoms. The summed E-state index contributed by atoms with van der Waals surface area (Å²) in [5.41, 5.74) is 1.94. The summed E-state index contributed by atoms with van der Waals surface area (Å²) in [6, 6.07) is 11.7. The van der Waals surface area contributed by atoms with Gasteiger partial charge in [0.1, 0.15) is 17.9 Å². The third kappa shape index (κ3) is 6.58. The van der Waals surface area contributed by atoms with Crippen LogP contribution in [0, 0.1) is 12.8 Å². The van der Waals surface area contributed by atoms with E-state index in [1.807, 2.05) is 12.1 Å². The van der Waals surface area contributed by atoms with Crippen LogP contribution >= 0.6 is 23.2 Å². The molecule has 2 aromatic carbocycles. The summed E-state index contributed by atoms with van der Waals surface area (Å²) in [7, 11) is -1.91. The zero-order chi connectivity index (χ0) is 28.3. The number of benzene rings is 2. The molecule has 4 aromatic rings. The number of aromatic nitrogens is 3. The average molecular weight is 603 g/mol. The number of hydrogen-bond acceptors (Lipinski definition) is 8. The van der Waals surface area contributed by atoms with Gasteiger partial charge in [-0.1, -0.05) is 35.3 Å². The fourth-order valence-electron chi connectivity index (χ4n) is 4.47. The topological polar surface area (TPSA) is 107 Å². The second-order valence-electron chi connectivity index (χ2n) is 9.81. The molecule has 0 amide bonds. The summed E-state index contributed by atoms with van der Waals surface area (Å²) in [5, 5.41) is 0.859. The molecule has 2 aromatic heterocycles. The van der Waals surface area contributed by atoms with Gasteiger partial charge in [-0.25, -0.2) is 18.4 Å². The van der Waals surface area contributed by atoms with E-state index in [0.29, 0.717) is 39.4 Å². The Hall–Kier alpha value is -3.18. The van der Waals surface area contributed by atoms with E-state index in [2.05, 4.69) is 31.6 Å². The second-order valence-corrected chi connectivity index (χ2v) is 12.3. The van der Waals surface area contributed by atoms with Gasteiger partial charge in [-0.2, -0.15) is 0 Å². The molecule has 0 radical (unpaired) electrons. The van der Waals surface area contributed by atoms with Crippen LogP contribution in [0.1, 0.15) is 24.0 Å². The van der Waals surface area contributed by atoms with Gasteiger partial charge in [0.05, 0.1) is 16.5 Å². The molecule has 0 unspecified atom stereocenters. The molecule has 3 heterocycles. The molecule has 0 saturated carbocycles. The van der Waals surface area contributed by atoms with E-state index in [0.717, 1.165) is 31.5 Å². The van der Waals surface area contributed by atoms with Gasteiger partial charge in [0, 0.05) is 23.5 Å². The quantitative estimate of drug-likeness (QED) is 0.259. The molecule has 0 aliphatic carbocycles. The van der Waals surface area contributed by atoms with E-state index < -0.39 is 10.0 Å². The van der Waals surface area contributed by atoms with Crippen molar-refractivity contribution in [3.05, 3.63) is 76.0 Å². The maximum absolute atomic E-state index is 13.3. The predicted molar refractivity (Wildman–Crippen MR) is 156 cm³/mol. The van der Waals surface area contributed by atoms with E-state index in [1.54, 1.807) is 31.2 Å². The summed E-state index contributed by atoms with van der Waals surface area (Å²) < 4.78 is 41.3. The minimum absolute atomic E-state index is 0.0138. The molecule has 1 fully saturated rings. The minimum Gasteiger partial charge on any atom is -0.492 e. The number of fused-ring (bicyclic) bond motifs is 1. The normalized spacial score (nSPS) is 14.8. The van der Waals surface area contributed by atoms with Crippen molar-refractivity contribution >= 4 is 50.2 Å². The smallest absolute Gasteiger partial charge is 0.263 e. The first-order chi connectivity index (χ1) is 19.2. The van der Waals surface area contributed by atoms with Crippen molar-refractivity contribution in [3.8, 4) is 11.5 Å². The van der Waals surface area contributed by atoms with Crippen molar-refractivity contribution < 1.29 is 17.9 Å². The number of hydrogen-bond donors (Lipinski definition) is 1. The Bertz CT molecular complexity index is 1630. The van der Waals surface area contributed by atoms with Crippen LogP contribution in [0.15, 0.2) is 59.8 Å². The van der Waals surface area contributed by atoms with Crippen molar-refractivity contribution in [2.24, 2.45) is 5.92 Å². The van der Waals surface area contributed by atoms with Crippen LogP contribution < -0.4 is 14.2 Å². The van der Waals surface area contributed by atoms with Crippen LogP contribution in [-0.2, 0) is 16.6 Å². The van der Waals surface area contributed by atoms with Crippen molar-refractivity contribution in [1.29, 1.82) is 0 Å². The number of piperidine rings is 1. The maximum atomic E-state index is 13.3. The molecule has 210 valence electrons. The Morgan fingerprint density at radius 1 is 1.00 bits per heavy atom. The van der Waals surface area contributed by atoms with E-state index in [-0.39, 0.29) is 28.7 Å². The molecule has 0 bridgehead atoms. The molecular formula is C28H29Cl2N5O4S. The van der Waals surface area contributed by atoms with Gasteiger partial charge in [-0.15, -0.1) is 0 Å². The summed E-state index contributed by atoms with van der Waals surface area (Å²) >= 11 is 12.6. The number of anilines is 1. The summed E-state index contributed by atoms with van der Waals surface area (Å²) in [6.07, 6.45) is 5.18. The highest BCUT2D eigenvalue weighted by Gasteiger charge is 2.22. The van der Waals surface area contributed by atoms with Gasteiger partial charge in [0.15, 0.2) is 17.2 Å². The Morgan fingerprint density at radius 2 is 1.77 bits per heavy atom. The van der Waals surface area contributed by atoms with Crippen molar-refractivity contribution in [2.75, 3.05) is 31.5 Å². The summed E-state index contributed by atoms with van der Waals surface area (Å²) in [5.74, 6) is 1.25. The Kier molecular flexibility index (Phi) is 8.60. The second kappa shape index (κ2) is 12.1. The maximum Gasteiger partial charge on any atom is 0.263 e. The number of rotatable bonds is 9. The minimum atomic E-state index is -4.04. The largest absolute Gasteiger partial charge is 0.492 e. The highest BCUT2D eigenvalue weighted by atomic mass is 35.5. The SMILES string of the molecule is Cc1c(Cl)cccc1S(=O)(=O)Nc1nc2nccnc2cc1OCc1ccc(Cl)c(OCC2CCN(C)CC2)c1. The highest BCUT2D eigenvalue weighted by molar-refractivity contribution is 7.92. The van der Waals surface area contributed by atoms with Gasteiger partial charge >= 0.3 is 0 Å². The van der Waals surface area contributed by atoms with Crippen molar-refractivity contribution in [2.45, 2.75) is 31.3 Å². The first-order valence-corrected chi connectivity index (χ1v) is 15.1. The zero-order valence-electron chi connectivity index (χ0n) is 22.1. The lowest BCUT2D eigenvalue weighted by Gasteiger charge is -2.28. The zero-order valence-corrected chi connectivity index (χ0v) is 24.4. The van der Waals surface area contributed by atoms with Crippen LogP contribution in [-0.4, -0.2) is 55.0 Å². The Morgan fingerprint density at radius 3 is 2.58 bits per heavy atom. The Balaban J connectivity index is 1.37. The number of halogens is 2. The molecule has 1 saturated heterocycles. The summed E-state index contributed by atoms with van der Waals surface area (Å²) in [6.45, 7) is 4.46. The fourth-order valence-corrected chi connectivity index (χ4v) is 6.16.